The van der Waals surface area contributed by atoms with Gasteiger partial charge < -0.3 is 4.74 Å². The highest BCUT2D eigenvalue weighted by Gasteiger charge is 2.64. The molecule has 0 unspecified atom stereocenters. The molecule has 0 aromatic carbocycles. The molecule has 138 valence electrons. The summed E-state index contributed by atoms with van der Waals surface area (Å²) in [4.78, 5) is 37.6. The second-order valence-corrected chi connectivity index (χ2v) is 9.57. The highest BCUT2D eigenvalue weighted by molar-refractivity contribution is 5.87. The third kappa shape index (κ3) is 2.28. The van der Waals surface area contributed by atoms with Gasteiger partial charge in [-0.25, -0.2) is 0 Å². The summed E-state index contributed by atoms with van der Waals surface area (Å²) in [6.45, 7) is 4.42. The van der Waals surface area contributed by atoms with Crippen LogP contribution in [0.5, 0.6) is 0 Å². The lowest BCUT2D eigenvalue weighted by Crippen LogP contribution is -2.57. The Hall–Kier alpha value is -1.19. The average molecular weight is 346 g/mol. The maximum atomic E-state index is 13.3. The lowest BCUT2D eigenvalue weighted by molar-refractivity contribution is -0.165. The van der Waals surface area contributed by atoms with Crippen LogP contribution < -0.4 is 0 Å². The number of carbonyl (C=O) groups is 3. The second kappa shape index (κ2) is 5.65. The van der Waals surface area contributed by atoms with E-state index in [1.54, 1.807) is 0 Å². The first-order chi connectivity index (χ1) is 11.8. The molecule has 25 heavy (non-hydrogen) atoms. The number of carbonyl (C=O) groups excluding carboxylic acids is 3. The molecule has 4 nitrogen and oxygen atoms in total. The number of hydrogen-bond acceptors (Lipinski definition) is 4. The number of fused-ring (bicyclic) bond motifs is 5. The normalized spacial score (nSPS) is 49.2. The van der Waals surface area contributed by atoms with Crippen LogP contribution in [0.2, 0.25) is 0 Å². The quantitative estimate of drug-likeness (QED) is 0.681. The molecule has 4 aliphatic carbocycles. The summed E-state index contributed by atoms with van der Waals surface area (Å²) in [5.74, 6) is 1.74. The van der Waals surface area contributed by atoms with Gasteiger partial charge in [0.15, 0.2) is 0 Å². The molecule has 4 saturated carbocycles. The minimum absolute atomic E-state index is 0.0153. The van der Waals surface area contributed by atoms with Crippen LogP contribution in [0.25, 0.3) is 0 Å². The smallest absolute Gasteiger partial charge is 0.309 e. The first-order valence-electron chi connectivity index (χ1n) is 9.93. The Balaban J connectivity index is 1.67. The molecule has 4 fully saturated rings. The van der Waals surface area contributed by atoms with Gasteiger partial charge in [0.05, 0.1) is 13.0 Å². The first-order valence-corrected chi connectivity index (χ1v) is 9.93. The predicted molar refractivity (Wildman–Crippen MR) is 92.6 cm³/mol. The fourth-order valence-electron chi connectivity index (χ4n) is 7.39. The molecule has 0 heterocycles. The van der Waals surface area contributed by atoms with Crippen LogP contribution in [0.15, 0.2) is 0 Å². The van der Waals surface area contributed by atoms with Crippen molar-refractivity contribution >= 4 is 17.5 Å². The maximum Gasteiger partial charge on any atom is 0.309 e. The Morgan fingerprint density at radius 3 is 2.56 bits per heavy atom. The van der Waals surface area contributed by atoms with Crippen molar-refractivity contribution in [2.45, 2.75) is 65.2 Å². The minimum Gasteiger partial charge on any atom is -0.469 e. The van der Waals surface area contributed by atoms with Gasteiger partial charge in [-0.1, -0.05) is 13.8 Å². The average Bonchev–Trinajstić information content (AvgIpc) is 2.91. The molecular weight excluding hydrogens is 316 g/mol. The topological polar surface area (TPSA) is 60.4 Å². The van der Waals surface area contributed by atoms with E-state index >= 15 is 0 Å². The summed E-state index contributed by atoms with van der Waals surface area (Å²) in [5.41, 5.74) is -0.252. The van der Waals surface area contributed by atoms with Crippen molar-refractivity contribution in [3.05, 3.63) is 0 Å². The summed E-state index contributed by atoms with van der Waals surface area (Å²) in [7, 11) is 1.46. The highest BCUT2D eigenvalue weighted by atomic mass is 16.5. The lowest BCUT2D eigenvalue weighted by atomic mass is 9.44. The van der Waals surface area contributed by atoms with Gasteiger partial charge >= 0.3 is 5.97 Å². The number of ketones is 2. The van der Waals surface area contributed by atoms with Crippen LogP contribution in [0.4, 0.5) is 0 Å². The van der Waals surface area contributed by atoms with E-state index in [4.69, 9.17) is 4.74 Å². The molecule has 0 aliphatic heterocycles. The number of Topliss-reactive ketones (excluding diaryl/α,β-unsaturated/α-hetero) is 2. The molecule has 4 rings (SSSR count). The van der Waals surface area contributed by atoms with E-state index in [1.807, 2.05) is 0 Å². The molecule has 0 aromatic rings. The van der Waals surface area contributed by atoms with Crippen molar-refractivity contribution < 1.29 is 19.1 Å². The highest BCUT2D eigenvalue weighted by Crippen LogP contribution is 2.66. The van der Waals surface area contributed by atoms with Crippen molar-refractivity contribution in [3.63, 3.8) is 0 Å². The van der Waals surface area contributed by atoms with E-state index in [-0.39, 0.29) is 28.6 Å². The van der Waals surface area contributed by atoms with Crippen LogP contribution in [-0.4, -0.2) is 24.6 Å². The van der Waals surface area contributed by atoms with Gasteiger partial charge in [0.1, 0.15) is 11.6 Å². The molecule has 0 spiro atoms. The minimum atomic E-state index is -0.237. The van der Waals surface area contributed by atoms with Gasteiger partial charge in [-0.15, -0.1) is 0 Å². The molecule has 4 heteroatoms. The monoisotopic (exact) mass is 346 g/mol. The van der Waals surface area contributed by atoms with Gasteiger partial charge in [-0.05, 0) is 60.7 Å². The van der Waals surface area contributed by atoms with E-state index in [0.29, 0.717) is 48.6 Å². The number of rotatable bonds is 1. The summed E-state index contributed by atoms with van der Waals surface area (Å²) in [6.07, 6.45) is 6.66. The summed E-state index contributed by atoms with van der Waals surface area (Å²) >= 11 is 0. The zero-order valence-corrected chi connectivity index (χ0v) is 15.7. The molecule has 0 bridgehead atoms. The zero-order valence-electron chi connectivity index (χ0n) is 15.7. The van der Waals surface area contributed by atoms with E-state index in [2.05, 4.69) is 13.8 Å². The van der Waals surface area contributed by atoms with E-state index in [1.165, 1.54) is 7.11 Å². The fraction of sp³-hybridized carbons (Fsp3) is 0.857. The van der Waals surface area contributed by atoms with Crippen LogP contribution >= 0.6 is 0 Å². The zero-order chi connectivity index (χ0) is 18.0. The molecule has 0 radical (unpaired) electrons. The van der Waals surface area contributed by atoms with Gasteiger partial charge in [0.25, 0.3) is 0 Å². The van der Waals surface area contributed by atoms with E-state index in [0.717, 1.165) is 32.1 Å². The molecular formula is C21H30O4. The van der Waals surface area contributed by atoms with Crippen LogP contribution in [0.1, 0.15) is 65.2 Å². The van der Waals surface area contributed by atoms with Gasteiger partial charge in [0.2, 0.25) is 0 Å². The lowest BCUT2D eigenvalue weighted by Gasteiger charge is -2.59. The van der Waals surface area contributed by atoms with Gasteiger partial charge in [-0.3, -0.25) is 14.4 Å². The number of ether oxygens (including phenoxy) is 1. The van der Waals surface area contributed by atoms with Crippen LogP contribution in [0.3, 0.4) is 0 Å². The largest absolute Gasteiger partial charge is 0.469 e. The Labute approximate surface area is 150 Å². The fourth-order valence-corrected chi connectivity index (χ4v) is 7.39. The second-order valence-electron chi connectivity index (χ2n) is 9.57. The van der Waals surface area contributed by atoms with Crippen molar-refractivity contribution in [3.8, 4) is 0 Å². The standard InChI is InChI=1S/C21H30O4/c1-20-9-8-13(22)10-12(20)4-5-14-15-6-7-16(19(24)25-3)21(15,2)11-17(23)18(14)20/h12,14-16,18H,4-11H2,1-3H3/t12-,14+,15+,16-,18-,20-,21+/m0/s1. The first kappa shape index (κ1) is 17.2. The van der Waals surface area contributed by atoms with E-state index in [9.17, 15) is 14.4 Å². The Morgan fingerprint density at radius 2 is 1.84 bits per heavy atom. The van der Waals surface area contributed by atoms with Gasteiger partial charge in [-0.2, -0.15) is 0 Å². The Morgan fingerprint density at radius 1 is 1.08 bits per heavy atom. The number of methoxy groups -OCH3 is 1. The molecule has 0 aromatic heterocycles. The summed E-state index contributed by atoms with van der Waals surface area (Å²) < 4.78 is 5.05. The Kier molecular flexibility index (Phi) is 3.90. The molecule has 0 N–H and O–H groups in total. The van der Waals surface area contributed by atoms with E-state index < -0.39 is 0 Å². The third-order valence-corrected chi connectivity index (χ3v) is 8.65. The maximum absolute atomic E-state index is 13.3. The predicted octanol–water partition coefficient (Wildman–Crippen LogP) is 3.57. The molecule has 4 aliphatic rings. The van der Waals surface area contributed by atoms with Crippen molar-refractivity contribution in [1.82, 2.24) is 0 Å². The SMILES string of the molecule is COC(=O)[C@@H]1CC[C@@H]2[C@H]3CC[C@H]4CC(=O)CC[C@]4(C)[C@@H]3C(=O)C[C@]21C. The molecule has 0 saturated heterocycles. The Bertz CT molecular complexity index is 625. The summed E-state index contributed by atoms with van der Waals surface area (Å²) in [5, 5.41) is 0. The van der Waals surface area contributed by atoms with Crippen molar-refractivity contribution in [2.75, 3.05) is 7.11 Å². The third-order valence-electron chi connectivity index (χ3n) is 8.65. The van der Waals surface area contributed by atoms with Crippen molar-refractivity contribution in [2.24, 2.45) is 40.4 Å². The van der Waals surface area contributed by atoms with Crippen LogP contribution in [-0.2, 0) is 19.1 Å². The summed E-state index contributed by atoms with van der Waals surface area (Å²) in [6, 6.07) is 0. The number of esters is 1. The molecule has 7 atom stereocenters. The van der Waals surface area contributed by atoms with Gasteiger partial charge in [0, 0.05) is 25.2 Å². The molecule has 0 amide bonds. The number of hydrogen-bond donors (Lipinski definition) is 0. The van der Waals surface area contributed by atoms with Crippen LogP contribution in [0, 0.1) is 40.4 Å². The van der Waals surface area contributed by atoms with Crippen molar-refractivity contribution in [1.29, 1.82) is 0 Å².